The Morgan fingerprint density at radius 2 is 1.86 bits per heavy atom. The lowest BCUT2D eigenvalue weighted by atomic mass is 10.1. The van der Waals surface area contributed by atoms with Crippen LogP contribution in [0.1, 0.15) is 20.8 Å². The van der Waals surface area contributed by atoms with Gasteiger partial charge in [-0.15, -0.1) is 11.3 Å². The first-order valence-corrected chi connectivity index (χ1v) is 8.99. The molecule has 4 nitrogen and oxygen atoms in total. The molecule has 0 unspecified atom stereocenters. The highest BCUT2D eigenvalue weighted by Gasteiger charge is 2.30. The number of rotatable bonds is 2. The van der Waals surface area contributed by atoms with Crippen LogP contribution in [0.4, 0.5) is 18.9 Å². The van der Waals surface area contributed by atoms with Gasteiger partial charge in [0.05, 0.1) is 20.5 Å². The molecule has 2 aromatic carbocycles. The number of aryl methyl sites for hydroxylation is 1. The number of hydrogen-bond donors (Lipinski definition) is 1. The molecule has 2 heterocycles. The molecular formula is C20H12F3NO3S. The molecule has 0 radical (unpaired) electrons. The number of alkyl halides is 3. The first kappa shape index (κ1) is 18.2. The molecule has 8 heteroatoms. The Balaban J connectivity index is 1.74. The molecule has 4 aromatic rings. The number of benzene rings is 2. The Hall–Kier alpha value is -3.13. The van der Waals surface area contributed by atoms with Crippen molar-refractivity contribution in [3.05, 3.63) is 75.0 Å². The van der Waals surface area contributed by atoms with Crippen LogP contribution >= 0.6 is 11.3 Å². The van der Waals surface area contributed by atoms with Gasteiger partial charge in [-0.05, 0) is 43.3 Å². The van der Waals surface area contributed by atoms with E-state index in [1.807, 2.05) is 19.1 Å². The van der Waals surface area contributed by atoms with Crippen molar-refractivity contribution >= 4 is 44.0 Å². The van der Waals surface area contributed by atoms with Crippen molar-refractivity contribution < 1.29 is 22.4 Å². The number of anilines is 1. The lowest BCUT2D eigenvalue weighted by Gasteiger charge is -2.09. The summed E-state index contributed by atoms with van der Waals surface area (Å²) in [7, 11) is 0. The first-order valence-electron chi connectivity index (χ1n) is 8.18. The summed E-state index contributed by atoms with van der Waals surface area (Å²) >= 11 is 1.09. The second-order valence-corrected chi connectivity index (χ2v) is 7.33. The normalized spacial score (nSPS) is 11.9. The maximum atomic E-state index is 12.8. The summed E-state index contributed by atoms with van der Waals surface area (Å²) < 4.78 is 44.4. The summed E-state index contributed by atoms with van der Waals surface area (Å²) in [6.45, 7) is 1.89. The number of thiophene rings is 1. The Bertz CT molecular complexity index is 1290. The lowest BCUT2D eigenvalue weighted by molar-refractivity contribution is -0.137. The number of carbonyl (C=O) groups excluding carboxylic acids is 1. The van der Waals surface area contributed by atoms with E-state index >= 15 is 0 Å². The highest BCUT2D eigenvalue weighted by Crippen LogP contribution is 2.33. The van der Waals surface area contributed by atoms with E-state index in [0.29, 0.717) is 15.7 Å². The second-order valence-electron chi connectivity index (χ2n) is 6.28. The zero-order valence-electron chi connectivity index (χ0n) is 14.4. The average molecular weight is 403 g/mol. The molecule has 1 N–H and O–H groups in total. The van der Waals surface area contributed by atoms with Gasteiger partial charge >= 0.3 is 11.8 Å². The highest BCUT2D eigenvalue weighted by atomic mass is 32.1. The Morgan fingerprint density at radius 3 is 2.61 bits per heavy atom. The van der Waals surface area contributed by atoms with E-state index in [-0.39, 0.29) is 16.0 Å². The van der Waals surface area contributed by atoms with Crippen molar-refractivity contribution in [2.45, 2.75) is 13.1 Å². The number of amides is 1. The zero-order chi connectivity index (χ0) is 20.1. The predicted molar refractivity (Wildman–Crippen MR) is 102 cm³/mol. The number of halogens is 3. The van der Waals surface area contributed by atoms with Crippen LogP contribution in [-0.2, 0) is 6.18 Å². The van der Waals surface area contributed by atoms with E-state index in [1.165, 1.54) is 18.2 Å². The van der Waals surface area contributed by atoms with Gasteiger partial charge in [0.15, 0.2) is 0 Å². The molecule has 4 rings (SSSR count). The van der Waals surface area contributed by atoms with Crippen LogP contribution in [0.15, 0.2) is 57.7 Å². The molecule has 0 atom stereocenters. The van der Waals surface area contributed by atoms with Crippen molar-refractivity contribution in [2.75, 3.05) is 5.32 Å². The largest absolute Gasteiger partial charge is 0.422 e. The Labute approximate surface area is 160 Å². The van der Waals surface area contributed by atoms with Crippen molar-refractivity contribution in [3.63, 3.8) is 0 Å². The second kappa shape index (κ2) is 6.49. The Kier molecular flexibility index (Phi) is 4.23. The number of fused-ring (bicyclic) bond motifs is 3. The summed E-state index contributed by atoms with van der Waals surface area (Å²) in [5, 5.41) is 3.42. The van der Waals surface area contributed by atoms with Crippen molar-refractivity contribution in [1.82, 2.24) is 0 Å². The van der Waals surface area contributed by atoms with E-state index in [4.69, 9.17) is 4.42 Å². The summed E-state index contributed by atoms with van der Waals surface area (Å²) in [6.07, 6.45) is -4.51. The van der Waals surface area contributed by atoms with Gasteiger partial charge in [0.1, 0.15) is 5.58 Å². The summed E-state index contributed by atoms with van der Waals surface area (Å²) in [5.41, 5.74) is -0.0321. The molecule has 0 fully saturated rings. The number of nitrogens with one attached hydrogen (secondary N) is 1. The van der Waals surface area contributed by atoms with E-state index in [2.05, 4.69) is 5.32 Å². The van der Waals surface area contributed by atoms with Crippen LogP contribution in [0.2, 0.25) is 0 Å². The summed E-state index contributed by atoms with van der Waals surface area (Å²) in [5.74, 6) is -0.597. The molecule has 0 bridgehead atoms. The third-order valence-corrected chi connectivity index (χ3v) is 5.37. The van der Waals surface area contributed by atoms with Crippen LogP contribution < -0.4 is 10.9 Å². The van der Waals surface area contributed by atoms with Crippen molar-refractivity contribution in [1.29, 1.82) is 0 Å². The summed E-state index contributed by atoms with van der Waals surface area (Å²) in [4.78, 5) is 25.0. The fraction of sp³-hybridized carbons (Fsp3) is 0.100. The van der Waals surface area contributed by atoms with E-state index in [9.17, 15) is 22.8 Å². The van der Waals surface area contributed by atoms with Gasteiger partial charge < -0.3 is 9.73 Å². The quantitative estimate of drug-likeness (QED) is 0.444. The lowest BCUT2D eigenvalue weighted by Crippen LogP contribution is -2.12. The van der Waals surface area contributed by atoms with E-state index < -0.39 is 23.3 Å². The van der Waals surface area contributed by atoms with E-state index in [0.717, 1.165) is 29.0 Å². The molecule has 2 aromatic heterocycles. The van der Waals surface area contributed by atoms with Gasteiger partial charge in [0.2, 0.25) is 0 Å². The minimum absolute atomic E-state index is 0.0185. The molecule has 0 saturated carbocycles. The minimum Gasteiger partial charge on any atom is -0.422 e. The van der Waals surface area contributed by atoms with Crippen LogP contribution in [0.3, 0.4) is 0 Å². The maximum Gasteiger partial charge on any atom is 0.416 e. The smallest absolute Gasteiger partial charge is 0.416 e. The molecule has 142 valence electrons. The average Bonchev–Trinajstić information content (AvgIpc) is 3.09. The fourth-order valence-electron chi connectivity index (χ4n) is 2.89. The number of carbonyl (C=O) groups is 1. The first-order chi connectivity index (χ1) is 13.2. The topological polar surface area (TPSA) is 59.3 Å². The zero-order valence-corrected chi connectivity index (χ0v) is 15.2. The van der Waals surface area contributed by atoms with Gasteiger partial charge in [-0.2, -0.15) is 13.2 Å². The molecule has 0 aliphatic heterocycles. The van der Waals surface area contributed by atoms with Crippen LogP contribution in [0, 0.1) is 6.92 Å². The molecule has 28 heavy (non-hydrogen) atoms. The van der Waals surface area contributed by atoms with Crippen molar-refractivity contribution in [2.24, 2.45) is 0 Å². The minimum atomic E-state index is -4.51. The van der Waals surface area contributed by atoms with Crippen LogP contribution in [-0.4, -0.2) is 5.91 Å². The molecule has 0 aliphatic carbocycles. The third kappa shape index (κ3) is 3.27. The van der Waals surface area contributed by atoms with Crippen LogP contribution in [0.25, 0.3) is 21.1 Å². The number of hydrogen-bond acceptors (Lipinski definition) is 4. The standard InChI is InChI=1S/C20H12F3NO3S/c1-10-5-6-15-13(7-10)17-14(19(26)27-15)9-16(28-17)18(25)24-12-4-2-3-11(8-12)20(21,22)23/h2-9H,1H3,(H,24,25). The van der Waals surface area contributed by atoms with E-state index in [1.54, 1.807) is 6.07 Å². The maximum absolute atomic E-state index is 12.8. The molecule has 0 aliphatic rings. The fourth-order valence-corrected chi connectivity index (χ4v) is 3.95. The van der Waals surface area contributed by atoms with Gasteiger partial charge in [0.25, 0.3) is 5.91 Å². The summed E-state index contributed by atoms with van der Waals surface area (Å²) in [6, 6.07) is 11.1. The molecular weight excluding hydrogens is 391 g/mol. The van der Waals surface area contributed by atoms with Gasteiger partial charge in [-0.25, -0.2) is 4.79 Å². The van der Waals surface area contributed by atoms with Gasteiger partial charge in [-0.1, -0.05) is 17.7 Å². The van der Waals surface area contributed by atoms with Gasteiger partial charge in [0, 0.05) is 11.1 Å². The third-order valence-electron chi connectivity index (χ3n) is 4.21. The predicted octanol–water partition coefficient (Wildman–Crippen LogP) is 5.59. The molecule has 0 saturated heterocycles. The molecule has 1 amide bonds. The monoisotopic (exact) mass is 403 g/mol. The Morgan fingerprint density at radius 1 is 1.07 bits per heavy atom. The van der Waals surface area contributed by atoms with Crippen LogP contribution in [0.5, 0.6) is 0 Å². The molecule has 0 spiro atoms. The van der Waals surface area contributed by atoms with Gasteiger partial charge in [-0.3, -0.25) is 4.79 Å². The SMILES string of the molecule is Cc1ccc2oc(=O)c3cc(C(=O)Nc4cccc(C(F)(F)F)c4)sc3c2c1. The highest BCUT2D eigenvalue weighted by molar-refractivity contribution is 7.21. The van der Waals surface area contributed by atoms with Crippen molar-refractivity contribution in [3.8, 4) is 0 Å².